The average Bonchev–Trinajstić information content (AvgIpc) is 3.23. The molecule has 2 aromatic rings. The summed E-state index contributed by atoms with van der Waals surface area (Å²) < 4.78 is 7.92. The molecule has 1 amide bonds. The van der Waals surface area contributed by atoms with Crippen molar-refractivity contribution in [2.75, 3.05) is 26.2 Å². The lowest BCUT2D eigenvalue weighted by atomic mass is 9.83. The molecule has 0 radical (unpaired) electrons. The molecule has 0 aliphatic carbocycles. The fourth-order valence-electron chi connectivity index (χ4n) is 3.69. The Labute approximate surface area is 150 Å². The molecule has 2 aliphatic heterocycles. The molecular weight excluding hydrogens is 338 g/mol. The highest BCUT2D eigenvalue weighted by molar-refractivity contribution is 7.14. The van der Waals surface area contributed by atoms with Gasteiger partial charge in [0.15, 0.2) is 0 Å². The van der Waals surface area contributed by atoms with Crippen molar-refractivity contribution in [2.24, 2.45) is 7.05 Å². The molecule has 0 atom stereocenters. The minimum atomic E-state index is -0.188. The van der Waals surface area contributed by atoms with Crippen molar-refractivity contribution in [3.8, 4) is 0 Å². The number of amides is 1. The number of aromatic nitrogens is 3. The summed E-state index contributed by atoms with van der Waals surface area (Å²) in [5.41, 5.74) is 1.05. The van der Waals surface area contributed by atoms with Crippen molar-refractivity contribution in [2.45, 2.75) is 31.3 Å². The second-order valence-electron chi connectivity index (χ2n) is 6.60. The fraction of sp³-hybridized carbons (Fsp3) is 0.588. The van der Waals surface area contributed by atoms with Gasteiger partial charge in [-0.25, -0.2) is 4.98 Å². The Kier molecular flexibility index (Phi) is 4.58. The van der Waals surface area contributed by atoms with Crippen LogP contribution in [0.2, 0.25) is 0 Å². The van der Waals surface area contributed by atoms with E-state index in [0.717, 1.165) is 49.7 Å². The molecule has 4 rings (SSSR count). The third-order valence-electron chi connectivity index (χ3n) is 5.08. The Bertz CT molecular complexity index is 763. The number of nitrogens with one attached hydrogen (secondary N) is 2. The van der Waals surface area contributed by atoms with Gasteiger partial charge in [0.25, 0.3) is 5.91 Å². The predicted molar refractivity (Wildman–Crippen MR) is 94.8 cm³/mol. The second kappa shape index (κ2) is 6.86. The van der Waals surface area contributed by atoms with Gasteiger partial charge in [0, 0.05) is 31.3 Å². The molecule has 8 heteroatoms. The third kappa shape index (κ3) is 3.21. The molecule has 1 fully saturated rings. The van der Waals surface area contributed by atoms with Gasteiger partial charge in [0.2, 0.25) is 0 Å². The monoisotopic (exact) mass is 361 g/mol. The average molecular weight is 361 g/mol. The molecule has 2 aliphatic rings. The van der Waals surface area contributed by atoms with Crippen molar-refractivity contribution in [1.82, 2.24) is 25.4 Å². The van der Waals surface area contributed by atoms with Gasteiger partial charge < -0.3 is 15.4 Å². The predicted octanol–water partition coefficient (Wildman–Crippen LogP) is 1.00. The summed E-state index contributed by atoms with van der Waals surface area (Å²) in [5.74, 6) is 0.860. The molecule has 1 saturated heterocycles. The molecular formula is C17H23N5O2S. The Morgan fingerprint density at radius 2 is 2.32 bits per heavy atom. The maximum Gasteiger partial charge on any atom is 0.261 e. The summed E-state index contributed by atoms with van der Waals surface area (Å²) in [4.78, 5) is 18.8. The van der Waals surface area contributed by atoms with Crippen LogP contribution in [0.3, 0.4) is 0 Å². The van der Waals surface area contributed by atoms with Crippen LogP contribution in [0.4, 0.5) is 0 Å². The Hall–Kier alpha value is -1.77. The van der Waals surface area contributed by atoms with E-state index in [1.54, 1.807) is 16.0 Å². The minimum Gasteiger partial charge on any atom is -0.370 e. The number of fused-ring (bicyclic) bond motifs is 2. The molecule has 0 aromatic carbocycles. The second-order valence-corrected chi connectivity index (χ2v) is 7.73. The number of ether oxygens (including phenoxy) is 1. The van der Waals surface area contributed by atoms with E-state index in [-0.39, 0.29) is 11.5 Å². The van der Waals surface area contributed by atoms with Crippen LogP contribution in [0.25, 0.3) is 0 Å². The maximum atomic E-state index is 12.6. The van der Waals surface area contributed by atoms with E-state index < -0.39 is 0 Å². The van der Waals surface area contributed by atoms with Gasteiger partial charge in [0.05, 0.1) is 17.1 Å². The molecule has 0 unspecified atom stereocenters. The van der Waals surface area contributed by atoms with Crippen molar-refractivity contribution >= 4 is 17.2 Å². The number of carbonyl (C=O) groups is 1. The molecule has 134 valence electrons. The first-order chi connectivity index (χ1) is 12.2. The fourth-order valence-corrected chi connectivity index (χ4v) is 4.84. The van der Waals surface area contributed by atoms with Crippen molar-refractivity contribution in [3.05, 3.63) is 33.5 Å². The van der Waals surface area contributed by atoms with Gasteiger partial charge in [0.1, 0.15) is 12.2 Å². The first kappa shape index (κ1) is 16.7. The van der Waals surface area contributed by atoms with E-state index in [2.05, 4.69) is 26.8 Å². The highest BCUT2D eigenvalue weighted by Gasteiger charge is 2.40. The highest BCUT2D eigenvalue weighted by atomic mass is 32.1. The lowest BCUT2D eigenvalue weighted by Gasteiger charge is -2.40. The van der Waals surface area contributed by atoms with E-state index >= 15 is 0 Å². The summed E-state index contributed by atoms with van der Waals surface area (Å²) in [6.45, 7) is 3.24. The topological polar surface area (TPSA) is 81.1 Å². The summed E-state index contributed by atoms with van der Waals surface area (Å²) in [6.07, 6.45) is 5.06. The van der Waals surface area contributed by atoms with Crippen LogP contribution >= 0.6 is 11.3 Å². The smallest absolute Gasteiger partial charge is 0.261 e. The molecule has 7 nitrogen and oxygen atoms in total. The van der Waals surface area contributed by atoms with E-state index in [0.29, 0.717) is 13.0 Å². The quantitative estimate of drug-likeness (QED) is 0.849. The van der Waals surface area contributed by atoms with Crippen molar-refractivity contribution in [1.29, 1.82) is 0 Å². The van der Waals surface area contributed by atoms with Crippen LogP contribution in [0, 0.1) is 0 Å². The van der Waals surface area contributed by atoms with E-state index in [9.17, 15) is 4.79 Å². The maximum absolute atomic E-state index is 12.6. The van der Waals surface area contributed by atoms with Gasteiger partial charge >= 0.3 is 0 Å². The third-order valence-corrected chi connectivity index (χ3v) is 6.28. The van der Waals surface area contributed by atoms with E-state index in [4.69, 9.17) is 4.74 Å². The van der Waals surface area contributed by atoms with E-state index in [1.165, 1.54) is 16.8 Å². The van der Waals surface area contributed by atoms with E-state index in [1.807, 2.05) is 7.05 Å². The van der Waals surface area contributed by atoms with Crippen molar-refractivity contribution < 1.29 is 9.53 Å². The first-order valence-electron chi connectivity index (χ1n) is 8.77. The lowest BCUT2D eigenvalue weighted by molar-refractivity contribution is -0.0792. The molecule has 2 N–H and O–H groups in total. The zero-order valence-corrected chi connectivity index (χ0v) is 15.2. The summed E-state index contributed by atoms with van der Waals surface area (Å²) >= 11 is 1.62. The van der Waals surface area contributed by atoms with Gasteiger partial charge in [-0.05, 0) is 37.6 Å². The number of aryl methyl sites for hydroxylation is 1. The number of nitrogens with zero attached hydrogens (tertiary/aromatic N) is 3. The number of hydrogen-bond acceptors (Lipinski definition) is 6. The minimum absolute atomic E-state index is 0.00865. The Morgan fingerprint density at radius 3 is 3.08 bits per heavy atom. The molecule has 2 aromatic heterocycles. The SMILES string of the molecule is Cn1ncnc1CCNC(=O)c1cc2c(s1)CCOC21CCNCC1. The summed E-state index contributed by atoms with van der Waals surface area (Å²) in [5, 5.41) is 10.4. The number of carbonyl (C=O) groups excluding carboxylic acids is 1. The zero-order chi connectivity index (χ0) is 17.3. The molecule has 1 spiro atoms. The van der Waals surface area contributed by atoms with Gasteiger partial charge in [-0.2, -0.15) is 5.10 Å². The van der Waals surface area contributed by atoms with Crippen LogP contribution in [0.1, 0.15) is 38.8 Å². The number of hydrogen-bond donors (Lipinski definition) is 2. The highest BCUT2D eigenvalue weighted by Crippen LogP contribution is 2.43. The Balaban J connectivity index is 1.44. The summed E-state index contributed by atoms with van der Waals surface area (Å²) in [7, 11) is 1.86. The van der Waals surface area contributed by atoms with Gasteiger partial charge in [-0.3, -0.25) is 9.48 Å². The molecule has 4 heterocycles. The standard InChI is InChI=1S/C17H23N5O2S/c1-22-15(20-11-21-22)2-6-19-16(23)14-10-12-13(25-14)3-9-24-17(12)4-7-18-8-5-17/h10-11,18H,2-9H2,1H3,(H,19,23). The van der Waals surface area contributed by atoms with Gasteiger partial charge in [-0.1, -0.05) is 0 Å². The molecule has 25 heavy (non-hydrogen) atoms. The molecule has 0 saturated carbocycles. The van der Waals surface area contributed by atoms with Gasteiger partial charge in [-0.15, -0.1) is 11.3 Å². The summed E-state index contributed by atoms with van der Waals surface area (Å²) in [6, 6.07) is 2.06. The first-order valence-corrected chi connectivity index (χ1v) is 9.58. The molecule has 0 bridgehead atoms. The normalized spacial score (nSPS) is 18.9. The number of thiophene rings is 1. The zero-order valence-electron chi connectivity index (χ0n) is 14.4. The van der Waals surface area contributed by atoms with Crippen LogP contribution < -0.4 is 10.6 Å². The Morgan fingerprint density at radius 1 is 1.48 bits per heavy atom. The largest absolute Gasteiger partial charge is 0.370 e. The van der Waals surface area contributed by atoms with Crippen LogP contribution in [0.5, 0.6) is 0 Å². The number of piperidine rings is 1. The van der Waals surface area contributed by atoms with Crippen LogP contribution in [0.15, 0.2) is 12.4 Å². The van der Waals surface area contributed by atoms with Crippen molar-refractivity contribution in [3.63, 3.8) is 0 Å². The lowest BCUT2D eigenvalue weighted by Crippen LogP contribution is -2.44. The van der Waals surface area contributed by atoms with Crippen LogP contribution in [-0.2, 0) is 30.2 Å². The number of rotatable bonds is 4. The van der Waals surface area contributed by atoms with Crippen LogP contribution in [-0.4, -0.2) is 46.9 Å².